The van der Waals surface area contributed by atoms with Gasteiger partial charge in [0.05, 0.1) is 37.1 Å². The summed E-state index contributed by atoms with van der Waals surface area (Å²) in [5.41, 5.74) is -1.05. The van der Waals surface area contributed by atoms with Crippen LogP contribution in [0, 0.1) is 23.2 Å². The SMILES string of the molecule is CCCCOC(=O)C(CC)CC(CC(C)(C)C(=O)OCC(O)CO)C(=O)OCC(C)C. The van der Waals surface area contributed by atoms with Crippen LogP contribution < -0.4 is 0 Å². The predicted molar refractivity (Wildman–Crippen MR) is 116 cm³/mol. The Morgan fingerprint density at radius 1 is 0.935 bits per heavy atom. The van der Waals surface area contributed by atoms with Gasteiger partial charge in [-0.05, 0) is 45.4 Å². The van der Waals surface area contributed by atoms with E-state index in [0.29, 0.717) is 13.0 Å². The number of hydrogen-bond donors (Lipinski definition) is 2. The van der Waals surface area contributed by atoms with Crippen LogP contribution in [-0.4, -0.2) is 60.7 Å². The molecule has 182 valence electrons. The number of hydrogen-bond acceptors (Lipinski definition) is 8. The van der Waals surface area contributed by atoms with Gasteiger partial charge < -0.3 is 24.4 Å². The van der Waals surface area contributed by atoms with Crippen LogP contribution in [-0.2, 0) is 28.6 Å². The van der Waals surface area contributed by atoms with Gasteiger partial charge in [-0.1, -0.05) is 34.1 Å². The predicted octanol–water partition coefficient (Wildman–Crippen LogP) is 2.87. The van der Waals surface area contributed by atoms with Crippen LogP contribution in [0.5, 0.6) is 0 Å². The van der Waals surface area contributed by atoms with Gasteiger partial charge in [-0.25, -0.2) is 0 Å². The van der Waals surface area contributed by atoms with E-state index in [9.17, 15) is 19.5 Å². The first kappa shape index (κ1) is 29.3. The van der Waals surface area contributed by atoms with E-state index in [-0.39, 0.29) is 37.9 Å². The third-order valence-electron chi connectivity index (χ3n) is 4.96. The highest BCUT2D eigenvalue weighted by molar-refractivity contribution is 5.79. The summed E-state index contributed by atoms with van der Waals surface area (Å²) < 4.78 is 15.8. The monoisotopic (exact) mass is 446 g/mol. The van der Waals surface area contributed by atoms with Crippen LogP contribution in [0.25, 0.3) is 0 Å². The lowest BCUT2D eigenvalue weighted by atomic mass is 9.78. The average Bonchev–Trinajstić information content (AvgIpc) is 2.72. The summed E-state index contributed by atoms with van der Waals surface area (Å²) >= 11 is 0. The zero-order valence-corrected chi connectivity index (χ0v) is 20.0. The molecule has 3 unspecified atom stereocenters. The smallest absolute Gasteiger partial charge is 0.311 e. The molecule has 0 aliphatic rings. The van der Waals surface area contributed by atoms with Crippen molar-refractivity contribution in [1.82, 2.24) is 0 Å². The molecule has 0 spiro atoms. The van der Waals surface area contributed by atoms with E-state index in [2.05, 4.69) is 0 Å². The fourth-order valence-electron chi connectivity index (χ4n) is 2.96. The average molecular weight is 447 g/mol. The molecule has 0 aromatic rings. The minimum Gasteiger partial charge on any atom is -0.465 e. The van der Waals surface area contributed by atoms with Gasteiger partial charge in [-0.3, -0.25) is 14.4 Å². The second kappa shape index (κ2) is 15.2. The lowest BCUT2D eigenvalue weighted by Gasteiger charge is -2.29. The molecule has 0 amide bonds. The van der Waals surface area contributed by atoms with E-state index in [1.807, 2.05) is 27.7 Å². The zero-order valence-electron chi connectivity index (χ0n) is 20.0. The first-order valence-corrected chi connectivity index (χ1v) is 11.3. The molecule has 0 aliphatic heterocycles. The van der Waals surface area contributed by atoms with Crippen molar-refractivity contribution >= 4 is 17.9 Å². The number of carbonyl (C=O) groups excluding carboxylic acids is 3. The van der Waals surface area contributed by atoms with E-state index in [0.717, 1.165) is 12.8 Å². The molecule has 0 radical (unpaired) electrons. The lowest BCUT2D eigenvalue weighted by molar-refractivity contribution is -0.161. The summed E-state index contributed by atoms with van der Waals surface area (Å²) in [6.07, 6.45) is 1.38. The zero-order chi connectivity index (χ0) is 24.0. The Morgan fingerprint density at radius 3 is 2.06 bits per heavy atom. The number of aliphatic hydroxyl groups excluding tert-OH is 2. The highest BCUT2D eigenvalue weighted by Crippen LogP contribution is 2.32. The Morgan fingerprint density at radius 2 is 1.55 bits per heavy atom. The molecule has 0 saturated carbocycles. The molecule has 0 bridgehead atoms. The van der Waals surface area contributed by atoms with Gasteiger partial charge in [0.2, 0.25) is 0 Å². The van der Waals surface area contributed by atoms with E-state index in [1.165, 1.54) is 0 Å². The summed E-state index contributed by atoms with van der Waals surface area (Å²) in [5, 5.41) is 18.3. The van der Waals surface area contributed by atoms with Crippen molar-refractivity contribution in [2.24, 2.45) is 23.2 Å². The molecule has 0 rings (SSSR count). The Hall–Kier alpha value is -1.67. The van der Waals surface area contributed by atoms with Crippen molar-refractivity contribution in [3.8, 4) is 0 Å². The number of unbranched alkanes of at least 4 members (excludes halogenated alkanes) is 1. The molecule has 0 saturated heterocycles. The molecular formula is C23H42O8. The number of carbonyl (C=O) groups is 3. The van der Waals surface area contributed by atoms with Crippen molar-refractivity contribution in [3.63, 3.8) is 0 Å². The van der Waals surface area contributed by atoms with Gasteiger partial charge in [0.15, 0.2) is 0 Å². The molecule has 2 N–H and O–H groups in total. The topological polar surface area (TPSA) is 119 Å². The van der Waals surface area contributed by atoms with Gasteiger partial charge in [0, 0.05) is 0 Å². The second-order valence-electron chi connectivity index (χ2n) is 9.11. The second-order valence-corrected chi connectivity index (χ2v) is 9.11. The molecular weight excluding hydrogens is 404 g/mol. The van der Waals surface area contributed by atoms with Crippen molar-refractivity contribution in [2.75, 3.05) is 26.4 Å². The number of esters is 3. The first-order valence-electron chi connectivity index (χ1n) is 11.3. The van der Waals surface area contributed by atoms with E-state index >= 15 is 0 Å². The fourth-order valence-corrected chi connectivity index (χ4v) is 2.96. The van der Waals surface area contributed by atoms with Gasteiger partial charge in [-0.15, -0.1) is 0 Å². The summed E-state index contributed by atoms with van der Waals surface area (Å²) in [4.78, 5) is 37.8. The molecule has 8 heteroatoms. The molecule has 8 nitrogen and oxygen atoms in total. The van der Waals surface area contributed by atoms with Crippen LogP contribution in [0.4, 0.5) is 0 Å². The van der Waals surface area contributed by atoms with Crippen LogP contribution >= 0.6 is 0 Å². The number of rotatable bonds is 16. The first-order chi connectivity index (χ1) is 14.5. The highest BCUT2D eigenvalue weighted by atomic mass is 16.5. The van der Waals surface area contributed by atoms with Crippen molar-refractivity contribution in [2.45, 2.75) is 79.8 Å². The van der Waals surface area contributed by atoms with E-state index in [4.69, 9.17) is 19.3 Å². The maximum absolute atomic E-state index is 12.8. The standard InChI is InChI=1S/C23H42O8/c1-7-9-10-29-20(26)17(8-2)11-18(21(27)30-14-16(3)4)12-23(5,6)22(28)31-15-19(25)13-24/h16-19,24-25H,7-15H2,1-6H3. The number of ether oxygens (including phenoxy) is 3. The molecule has 0 fully saturated rings. The van der Waals surface area contributed by atoms with Crippen LogP contribution in [0.3, 0.4) is 0 Å². The van der Waals surface area contributed by atoms with Gasteiger partial charge in [0.1, 0.15) is 12.7 Å². The maximum atomic E-state index is 12.8. The molecule has 3 atom stereocenters. The summed E-state index contributed by atoms with van der Waals surface area (Å²) in [7, 11) is 0. The third kappa shape index (κ3) is 12.1. The van der Waals surface area contributed by atoms with Gasteiger partial charge in [0.25, 0.3) is 0 Å². The Kier molecular flexibility index (Phi) is 14.4. The van der Waals surface area contributed by atoms with E-state index < -0.39 is 41.9 Å². The van der Waals surface area contributed by atoms with Crippen LogP contribution in [0.2, 0.25) is 0 Å². The quantitative estimate of drug-likeness (QED) is 0.211. The minimum absolute atomic E-state index is 0.122. The minimum atomic E-state index is -1.16. The molecule has 0 aliphatic carbocycles. The number of aliphatic hydroxyl groups is 2. The lowest BCUT2D eigenvalue weighted by Crippen LogP contribution is -2.36. The van der Waals surface area contributed by atoms with E-state index in [1.54, 1.807) is 13.8 Å². The van der Waals surface area contributed by atoms with Crippen molar-refractivity contribution < 1.29 is 38.8 Å². The Balaban J connectivity index is 5.32. The Labute approximate surface area is 186 Å². The molecule has 0 heterocycles. The summed E-state index contributed by atoms with van der Waals surface area (Å²) in [6.45, 7) is 10.8. The molecule has 31 heavy (non-hydrogen) atoms. The maximum Gasteiger partial charge on any atom is 0.311 e. The normalized spacial score (nSPS) is 14.6. The summed E-state index contributed by atoms with van der Waals surface area (Å²) in [6, 6.07) is 0. The highest BCUT2D eigenvalue weighted by Gasteiger charge is 2.38. The van der Waals surface area contributed by atoms with Gasteiger partial charge >= 0.3 is 17.9 Å². The third-order valence-corrected chi connectivity index (χ3v) is 4.96. The van der Waals surface area contributed by atoms with Crippen molar-refractivity contribution in [3.05, 3.63) is 0 Å². The Bertz CT molecular complexity index is 544. The fraction of sp³-hybridized carbons (Fsp3) is 0.870. The largest absolute Gasteiger partial charge is 0.465 e. The van der Waals surface area contributed by atoms with Gasteiger partial charge in [-0.2, -0.15) is 0 Å². The van der Waals surface area contributed by atoms with Crippen molar-refractivity contribution in [1.29, 1.82) is 0 Å². The van der Waals surface area contributed by atoms with Crippen LogP contribution in [0.15, 0.2) is 0 Å². The molecule has 0 aromatic carbocycles. The molecule has 0 aromatic heterocycles. The van der Waals surface area contributed by atoms with Crippen LogP contribution in [0.1, 0.15) is 73.6 Å². The summed E-state index contributed by atoms with van der Waals surface area (Å²) in [5.74, 6) is -2.40.